The number of guanidine groups is 1. The molecule has 6 heteroatoms. The molecule has 2 aromatic carbocycles. The highest BCUT2D eigenvalue weighted by atomic mass is 35.5. The van der Waals surface area contributed by atoms with Gasteiger partial charge in [-0.1, -0.05) is 29.3 Å². The number of nitrogens with zero attached hydrogens (tertiary/aromatic N) is 2. The summed E-state index contributed by atoms with van der Waals surface area (Å²) < 4.78 is 0. The highest BCUT2D eigenvalue weighted by molar-refractivity contribution is 6.30. The first-order chi connectivity index (χ1) is 11.1. The van der Waals surface area contributed by atoms with E-state index >= 15 is 0 Å². The third-order valence-electron chi connectivity index (χ3n) is 3.51. The first-order valence-corrected chi connectivity index (χ1v) is 7.72. The maximum Gasteiger partial charge on any atom is 0.326 e. The molecule has 0 spiro atoms. The fourth-order valence-corrected chi connectivity index (χ4v) is 2.45. The van der Waals surface area contributed by atoms with Gasteiger partial charge in [-0.05, 0) is 43.3 Å². The number of urea groups is 1. The maximum atomic E-state index is 12.1. The van der Waals surface area contributed by atoms with Gasteiger partial charge in [0.05, 0.1) is 6.54 Å². The van der Waals surface area contributed by atoms with Crippen molar-refractivity contribution in [3.63, 3.8) is 0 Å². The molecule has 118 valence electrons. The van der Waals surface area contributed by atoms with Gasteiger partial charge in [-0.25, -0.2) is 4.79 Å². The molecule has 0 atom stereocenters. The average molecular weight is 329 g/mol. The van der Waals surface area contributed by atoms with Gasteiger partial charge in [0.15, 0.2) is 0 Å². The van der Waals surface area contributed by atoms with Crippen LogP contribution < -0.4 is 15.5 Å². The van der Waals surface area contributed by atoms with Crippen LogP contribution in [0.3, 0.4) is 0 Å². The summed E-state index contributed by atoms with van der Waals surface area (Å²) in [5.74, 6) is 0.556. The maximum absolute atomic E-state index is 12.1. The lowest BCUT2D eigenvalue weighted by molar-refractivity contribution is 0.256. The molecule has 0 bridgehead atoms. The molecule has 2 N–H and O–H groups in total. The largest absolute Gasteiger partial charge is 0.326 e. The van der Waals surface area contributed by atoms with E-state index in [1.54, 1.807) is 24.3 Å². The van der Waals surface area contributed by atoms with Gasteiger partial charge in [-0.15, -0.1) is 0 Å². The van der Waals surface area contributed by atoms with Crippen LogP contribution in [0.1, 0.15) is 5.56 Å². The van der Waals surface area contributed by atoms with Crippen molar-refractivity contribution in [2.24, 2.45) is 4.99 Å². The lowest BCUT2D eigenvalue weighted by Crippen LogP contribution is -2.43. The van der Waals surface area contributed by atoms with Crippen LogP contribution in [0.4, 0.5) is 16.2 Å². The highest BCUT2D eigenvalue weighted by Gasteiger charge is 2.20. The summed E-state index contributed by atoms with van der Waals surface area (Å²) in [4.78, 5) is 18.5. The van der Waals surface area contributed by atoms with Crippen LogP contribution in [0.2, 0.25) is 5.02 Å². The molecule has 5 nitrogen and oxygen atoms in total. The average Bonchev–Trinajstić information content (AvgIpc) is 2.98. The van der Waals surface area contributed by atoms with E-state index in [-0.39, 0.29) is 6.03 Å². The number of amides is 2. The Bertz CT molecular complexity index is 725. The van der Waals surface area contributed by atoms with Gasteiger partial charge in [0, 0.05) is 22.9 Å². The molecular formula is C17H17ClN4O. The van der Waals surface area contributed by atoms with Crippen molar-refractivity contribution >= 4 is 35.0 Å². The second kappa shape index (κ2) is 6.71. The third kappa shape index (κ3) is 3.81. The quantitative estimate of drug-likeness (QED) is 0.884. The van der Waals surface area contributed by atoms with Crippen molar-refractivity contribution in [1.29, 1.82) is 0 Å². The van der Waals surface area contributed by atoms with Crippen LogP contribution in [0.15, 0.2) is 53.5 Å². The van der Waals surface area contributed by atoms with Gasteiger partial charge in [0.25, 0.3) is 0 Å². The lowest BCUT2D eigenvalue weighted by atomic mass is 10.2. The van der Waals surface area contributed by atoms with Crippen LogP contribution in [-0.2, 0) is 0 Å². The Labute approximate surface area is 140 Å². The minimum absolute atomic E-state index is 0.329. The number of halogens is 1. The van der Waals surface area contributed by atoms with E-state index < -0.39 is 0 Å². The van der Waals surface area contributed by atoms with Gasteiger partial charge in [-0.3, -0.25) is 10.3 Å². The molecule has 0 unspecified atom stereocenters. The van der Waals surface area contributed by atoms with E-state index in [9.17, 15) is 4.79 Å². The van der Waals surface area contributed by atoms with Crippen LogP contribution in [0.5, 0.6) is 0 Å². The Morgan fingerprint density at radius 1 is 1.09 bits per heavy atom. The van der Waals surface area contributed by atoms with E-state index in [1.165, 1.54) is 5.56 Å². The first-order valence-electron chi connectivity index (χ1n) is 7.34. The van der Waals surface area contributed by atoms with Crippen molar-refractivity contribution in [3.8, 4) is 0 Å². The van der Waals surface area contributed by atoms with Gasteiger partial charge < -0.3 is 10.2 Å². The smallest absolute Gasteiger partial charge is 0.310 e. The van der Waals surface area contributed by atoms with Crippen LogP contribution >= 0.6 is 11.6 Å². The minimum atomic E-state index is -0.329. The molecule has 2 aromatic rings. The molecule has 0 saturated carbocycles. The summed E-state index contributed by atoms with van der Waals surface area (Å²) in [6, 6.07) is 14.7. The molecule has 0 aliphatic carbocycles. The fourth-order valence-electron chi connectivity index (χ4n) is 2.33. The topological polar surface area (TPSA) is 56.7 Å². The van der Waals surface area contributed by atoms with Gasteiger partial charge >= 0.3 is 6.03 Å². The number of benzene rings is 2. The zero-order valence-electron chi connectivity index (χ0n) is 12.7. The number of hydrogen-bond donors (Lipinski definition) is 2. The first kappa shape index (κ1) is 15.4. The van der Waals surface area contributed by atoms with Gasteiger partial charge in [0.2, 0.25) is 5.96 Å². The number of nitrogens with one attached hydrogen (secondary N) is 2. The fraction of sp³-hybridized carbons (Fsp3) is 0.176. The molecule has 1 aliphatic rings. The SMILES string of the molecule is Cc1ccc(N2CCN=C2NC(=O)Nc2ccc(Cl)cc2)cc1. The van der Waals surface area contributed by atoms with Crippen molar-refractivity contribution in [1.82, 2.24) is 5.32 Å². The summed E-state index contributed by atoms with van der Waals surface area (Å²) in [6.07, 6.45) is 0. The molecule has 1 aliphatic heterocycles. The molecule has 0 radical (unpaired) electrons. The van der Waals surface area contributed by atoms with Crippen molar-refractivity contribution in [2.45, 2.75) is 6.92 Å². The number of rotatable bonds is 2. The predicted octanol–water partition coefficient (Wildman–Crippen LogP) is 3.65. The molecule has 0 aromatic heterocycles. The lowest BCUT2D eigenvalue weighted by Gasteiger charge is -2.21. The number of carbonyl (C=O) groups is 1. The summed E-state index contributed by atoms with van der Waals surface area (Å²) in [5.41, 5.74) is 2.88. The Morgan fingerprint density at radius 2 is 1.78 bits per heavy atom. The van der Waals surface area contributed by atoms with E-state index in [2.05, 4.69) is 15.6 Å². The summed E-state index contributed by atoms with van der Waals surface area (Å²) in [6.45, 7) is 3.45. The van der Waals surface area contributed by atoms with E-state index in [0.29, 0.717) is 23.2 Å². The minimum Gasteiger partial charge on any atom is -0.310 e. The third-order valence-corrected chi connectivity index (χ3v) is 3.77. The van der Waals surface area contributed by atoms with Crippen molar-refractivity contribution < 1.29 is 4.79 Å². The normalized spacial score (nSPS) is 13.7. The second-order valence-corrected chi connectivity index (χ2v) is 5.71. The van der Waals surface area contributed by atoms with E-state index in [0.717, 1.165) is 12.2 Å². The van der Waals surface area contributed by atoms with E-state index in [1.807, 2.05) is 36.1 Å². The van der Waals surface area contributed by atoms with Crippen molar-refractivity contribution in [3.05, 3.63) is 59.1 Å². The zero-order valence-corrected chi connectivity index (χ0v) is 13.5. The van der Waals surface area contributed by atoms with Gasteiger partial charge in [0.1, 0.15) is 0 Å². The Kier molecular flexibility index (Phi) is 4.48. The molecular weight excluding hydrogens is 312 g/mol. The van der Waals surface area contributed by atoms with Crippen LogP contribution in [0.25, 0.3) is 0 Å². The molecule has 1 heterocycles. The number of carbonyl (C=O) groups excluding carboxylic acids is 1. The van der Waals surface area contributed by atoms with Crippen LogP contribution in [0, 0.1) is 6.92 Å². The molecule has 0 saturated heterocycles. The summed E-state index contributed by atoms with van der Waals surface area (Å²) >= 11 is 5.83. The molecule has 2 amide bonds. The summed E-state index contributed by atoms with van der Waals surface area (Å²) in [5, 5.41) is 6.19. The standard InChI is InChI=1S/C17H17ClN4O/c1-12-2-8-15(9-3-12)22-11-10-19-16(22)21-17(23)20-14-6-4-13(18)5-7-14/h2-9H,10-11H2,1H3,(H2,19,20,21,23). The second-order valence-electron chi connectivity index (χ2n) is 5.28. The number of aliphatic imine (C=N–C) groups is 1. The van der Waals surface area contributed by atoms with Crippen molar-refractivity contribution in [2.75, 3.05) is 23.3 Å². The number of anilines is 2. The number of aryl methyl sites for hydroxylation is 1. The molecule has 3 rings (SSSR count). The monoisotopic (exact) mass is 328 g/mol. The Hall–Kier alpha value is -2.53. The summed E-state index contributed by atoms with van der Waals surface area (Å²) in [7, 11) is 0. The van der Waals surface area contributed by atoms with E-state index in [4.69, 9.17) is 11.6 Å². The Balaban J connectivity index is 1.65. The zero-order chi connectivity index (χ0) is 16.2. The van der Waals surface area contributed by atoms with Gasteiger partial charge in [-0.2, -0.15) is 0 Å². The molecule has 23 heavy (non-hydrogen) atoms. The predicted molar refractivity (Wildman–Crippen MR) is 94.4 cm³/mol. The Morgan fingerprint density at radius 3 is 2.48 bits per heavy atom. The van der Waals surface area contributed by atoms with Crippen LogP contribution in [-0.4, -0.2) is 25.1 Å². The molecule has 0 fully saturated rings. The number of hydrogen-bond acceptors (Lipinski definition) is 3. The highest BCUT2D eigenvalue weighted by Crippen LogP contribution is 2.18.